The van der Waals surface area contributed by atoms with E-state index in [0.29, 0.717) is 0 Å². The summed E-state index contributed by atoms with van der Waals surface area (Å²) < 4.78 is 4.70. The summed E-state index contributed by atoms with van der Waals surface area (Å²) in [7, 11) is 0. The van der Waals surface area contributed by atoms with Crippen LogP contribution in [0.1, 0.15) is 27.8 Å². The van der Waals surface area contributed by atoms with Crippen LogP contribution in [0, 0.1) is 0 Å². The normalized spacial score (nSPS) is 9.73. The highest BCUT2D eigenvalue weighted by Gasteiger charge is 2.15. The van der Waals surface area contributed by atoms with E-state index in [4.69, 9.17) is 21.4 Å². The second-order valence-corrected chi connectivity index (χ2v) is 2.92. The van der Waals surface area contributed by atoms with Gasteiger partial charge in [-0.2, -0.15) is 0 Å². The molecule has 6 heteroatoms. The number of halogens is 1. The average molecular weight is 230 g/mol. The van der Waals surface area contributed by atoms with Crippen molar-refractivity contribution in [3.05, 3.63) is 28.5 Å². The zero-order valence-electron chi connectivity index (χ0n) is 7.86. The van der Waals surface area contributed by atoms with Crippen LogP contribution in [0.5, 0.6) is 0 Å². The first-order valence-corrected chi connectivity index (χ1v) is 4.51. The van der Waals surface area contributed by atoms with E-state index in [9.17, 15) is 9.59 Å². The number of hydrogen-bond acceptors (Lipinski definition) is 4. The van der Waals surface area contributed by atoms with E-state index in [-0.39, 0.29) is 23.0 Å². The van der Waals surface area contributed by atoms with Crippen molar-refractivity contribution in [1.82, 2.24) is 4.98 Å². The number of pyridine rings is 1. The number of carboxylic acids is 1. The number of carbonyl (C=O) groups is 2. The minimum Gasteiger partial charge on any atom is -0.477 e. The first-order valence-electron chi connectivity index (χ1n) is 4.13. The quantitative estimate of drug-likeness (QED) is 0.629. The van der Waals surface area contributed by atoms with Crippen LogP contribution in [0.3, 0.4) is 0 Å². The van der Waals surface area contributed by atoms with Gasteiger partial charge in [-0.15, -0.1) is 0 Å². The predicted molar refractivity (Wildman–Crippen MR) is 52.2 cm³/mol. The molecule has 1 aromatic rings. The van der Waals surface area contributed by atoms with Crippen LogP contribution in [0.4, 0.5) is 0 Å². The van der Waals surface area contributed by atoms with Gasteiger partial charge in [0.15, 0.2) is 0 Å². The highest BCUT2D eigenvalue weighted by Crippen LogP contribution is 2.15. The first-order chi connectivity index (χ1) is 7.06. The zero-order valence-corrected chi connectivity index (χ0v) is 8.61. The summed E-state index contributed by atoms with van der Waals surface area (Å²) in [6.45, 7) is 1.88. The van der Waals surface area contributed by atoms with Crippen molar-refractivity contribution in [1.29, 1.82) is 0 Å². The number of carboxylic acid groups (broad SMARTS) is 1. The number of hydrogen-bond donors (Lipinski definition) is 1. The number of rotatable bonds is 3. The van der Waals surface area contributed by atoms with Gasteiger partial charge >= 0.3 is 11.9 Å². The Kier molecular flexibility index (Phi) is 3.62. The third-order valence-electron chi connectivity index (χ3n) is 1.56. The molecular formula is C9H8ClNO4. The summed E-state index contributed by atoms with van der Waals surface area (Å²) >= 11 is 5.63. The van der Waals surface area contributed by atoms with E-state index in [0.717, 1.165) is 0 Å². The number of aromatic nitrogens is 1. The number of nitrogens with zero attached hydrogens (tertiary/aromatic N) is 1. The van der Waals surface area contributed by atoms with E-state index in [1.54, 1.807) is 6.92 Å². The number of esters is 1. The van der Waals surface area contributed by atoms with Crippen molar-refractivity contribution in [2.45, 2.75) is 6.92 Å². The molecule has 0 bridgehead atoms. The summed E-state index contributed by atoms with van der Waals surface area (Å²) in [5.74, 6) is -1.82. The van der Waals surface area contributed by atoms with Crippen LogP contribution >= 0.6 is 11.6 Å². The van der Waals surface area contributed by atoms with Crippen molar-refractivity contribution < 1.29 is 19.4 Å². The Bertz CT molecular complexity index is 405. The standard InChI is InChI=1S/C9H8ClNO4/c1-2-15-9(14)5-3-4-6(8(12)13)11-7(5)10/h3-4H,2H2,1H3,(H,12,13). The molecule has 0 atom stereocenters. The lowest BCUT2D eigenvalue weighted by Gasteiger charge is -2.03. The van der Waals surface area contributed by atoms with Crippen molar-refractivity contribution in [2.24, 2.45) is 0 Å². The second kappa shape index (κ2) is 4.75. The molecule has 0 aromatic carbocycles. The van der Waals surface area contributed by atoms with E-state index in [1.165, 1.54) is 12.1 Å². The lowest BCUT2D eigenvalue weighted by molar-refractivity contribution is 0.0524. The maximum absolute atomic E-state index is 11.3. The maximum Gasteiger partial charge on any atom is 0.354 e. The zero-order chi connectivity index (χ0) is 11.4. The Morgan fingerprint density at radius 2 is 2.20 bits per heavy atom. The van der Waals surface area contributed by atoms with Gasteiger partial charge in [-0.1, -0.05) is 11.6 Å². The Balaban J connectivity index is 3.03. The van der Waals surface area contributed by atoms with Gasteiger partial charge in [0, 0.05) is 0 Å². The molecule has 0 amide bonds. The van der Waals surface area contributed by atoms with E-state index in [1.807, 2.05) is 0 Å². The summed E-state index contributed by atoms with van der Waals surface area (Å²) in [5, 5.41) is 8.43. The number of carbonyl (C=O) groups excluding carboxylic acids is 1. The topological polar surface area (TPSA) is 76.5 Å². The minimum absolute atomic E-state index is 0.0588. The fourth-order valence-electron chi connectivity index (χ4n) is 0.914. The van der Waals surface area contributed by atoms with Gasteiger partial charge in [-0.25, -0.2) is 14.6 Å². The van der Waals surface area contributed by atoms with Gasteiger partial charge < -0.3 is 9.84 Å². The Labute approximate surface area is 90.6 Å². The van der Waals surface area contributed by atoms with Crippen molar-refractivity contribution in [3.63, 3.8) is 0 Å². The molecule has 0 radical (unpaired) electrons. The molecule has 0 unspecified atom stereocenters. The van der Waals surface area contributed by atoms with E-state index in [2.05, 4.69) is 4.98 Å². The third kappa shape index (κ3) is 2.66. The summed E-state index contributed by atoms with van der Waals surface area (Å²) in [6.07, 6.45) is 0. The lowest BCUT2D eigenvalue weighted by Crippen LogP contribution is -2.08. The van der Waals surface area contributed by atoms with Crippen molar-refractivity contribution >= 4 is 23.5 Å². The monoisotopic (exact) mass is 229 g/mol. The van der Waals surface area contributed by atoms with E-state index >= 15 is 0 Å². The molecule has 0 fully saturated rings. The summed E-state index contributed by atoms with van der Waals surface area (Å²) in [6, 6.07) is 2.47. The lowest BCUT2D eigenvalue weighted by atomic mass is 10.2. The molecule has 0 aliphatic rings. The SMILES string of the molecule is CCOC(=O)c1ccc(C(=O)O)nc1Cl. The van der Waals surface area contributed by atoms with Crippen LogP contribution in [0.2, 0.25) is 5.15 Å². The molecule has 0 saturated carbocycles. The van der Waals surface area contributed by atoms with Gasteiger partial charge in [0.2, 0.25) is 0 Å². The van der Waals surface area contributed by atoms with Crippen molar-refractivity contribution in [2.75, 3.05) is 6.61 Å². The molecule has 1 rings (SSSR count). The highest BCUT2D eigenvalue weighted by atomic mass is 35.5. The fourth-order valence-corrected chi connectivity index (χ4v) is 1.15. The van der Waals surface area contributed by atoms with Crippen LogP contribution < -0.4 is 0 Å². The molecule has 5 nitrogen and oxygen atoms in total. The van der Waals surface area contributed by atoms with Crippen LogP contribution in [-0.2, 0) is 4.74 Å². The van der Waals surface area contributed by atoms with Gasteiger partial charge in [0.1, 0.15) is 10.8 Å². The van der Waals surface area contributed by atoms with Crippen molar-refractivity contribution in [3.8, 4) is 0 Å². The van der Waals surface area contributed by atoms with Crippen LogP contribution in [0.15, 0.2) is 12.1 Å². The molecule has 0 aliphatic carbocycles. The van der Waals surface area contributed by atoms with Crippen LogP contribution in [0.25, 0.3) is 0 Å². The number of aromatic carboxylic acids is 1. The molecule has 1 aromatic heterocycles. The molecule has 0 aliphatic heterocycles. The van der Waals surface area contributed by atoms with Gasteiger partial charge in [0.05, 0.1) is 12.2 Å². The largest absolute Gasteiger partial charge is 0.477 e. The molecule has 0 spiro atoms. The van der Waals surface area contributed by atoms with Crippen LogP contribution in [-0.4, -0.2) is 28.6 Å². The Hall–Kier alpha value is -1.62. The average Bonchev–Trinajstić information content (AvgIpc) is 2.17. The molecule has 1 N–H and O–H groups in total. The Morgan fingerprint density at radius 3 is 2.67 bits per heavy atom. The van der Waals surface area contributed by atoms with E-state index < -0.39 is 11.9 Å². The predicted octanol–water partition coefficient (Wildman–Crippen LogP) is 1.61. The summed E-state index contributed by atoms with van der Waals surface area (Å²) in [5.41, 5.74) is -0.156. The fraction of sp³-hybridized carbons (Fsp3) is 0.222. The Morgan fingerprint density at radius 1 is 1.53 bits per heavy atom. The minimum atomic E-state index is -1.20. The molecule has 80 valence electrons. The highest BCUT2D eigenvalue weighted by molar-refractivity contribution is 6.32. The second-order valence-electron chi connectivity index (χ2n) is 2.56. The first kappa shape index (κ1) is 11.5. The number of ether oxygens (including phenoxy) is 1. The summed E-state index contributed by atoms with van der Waals surface area (Å²) in [4.78, 5) is 25.3. The molecule has 0 saturated heterocycles. The van der Waals surface area contributed by atoms with Gasteiger partial charge in [-0.3, -0.25) is 0 Å². The molecule has 15 heavy (non-hydrogen) atoms. The third-order valence-corrected chi connectivity index (χ3v) is 1.85. The smallest absolute Gasteiger partial charge is 0.354 e. The molecular weight excluding hydrogens is 222 g/mol. The van der Waals surface area contributed by atoms with Gasteiger partial charge in [-0.05, 0) is 19.1 Å². The maximum atomic E-state index is 11.3. The van der Waals surface area contributed by atoms with Gasteiger partial charge in [0.25, 0.3) is 0 Å². The molecule has 1 heterocycles.